The van der Waals surface area contributed by atoms with Gasteiger partial charge in [-0.25, -0.2) is 4.79 Å². The fourth-order valence-electron chi connectivity index (χ4n) is 2.37. The van der Waals surface area contributed by atoms with Crippen LogP contribution in [0.1, 0.15) is 24.0 Å². The normalized spacial score (nSPS) is 10.1. The van der Waals surface area contributed by atoms with Crippen molar-refractivity contribution >= 4 is 11.7 Å². The first kappa shape index (κ1) is 18.2. The fraction of sp³-hybridized carbons (Fsp3) is 0.353. The Balaban J connectivity index is 1.90. The van der Waals surface area contributed by atoms with Crippen LogP contribution in [0, 0.1) is 6.92 Å². The maximum Gasteiger partial charge on any atom is 0.349 e. The zero-order valence-electron chi connectivity index (χ0n) is 14.1. The quantitative estimate of drug-likeness (QED) is 0.345. The zero-order valence-corrected chi connectivity index (χ0v) is 14.1. The van der Waals surface area contributed by atoms with Crippen LogP contribution in [0.4, 0.5) is 5.82 Å². The van der Waals surface area contributed by atoms with Crippen LogP contribution in [0.2, 0.25) is 0 Å². The summed E-state index contributed by atoms with van der Waals surface area (Å²) in [5, 5.41) is 6.09. The average molecular weight is 340 g/mol. The van der Waals surface area contributed by atoms with E-state index in [1.165, 1.54) is 4.57 Å². The van der Waals surface area contributed by atoms with E-state index >= 15 is 0 Å². The largest absolute Gasteiger partial charge is 0.349 e. The van der Waals surface area contributed by atoms with Gasteiger partial charge >= 0.3 is 5.69 Å². The Morgan fingerprint density at radius 1 is 1.36 bits per heavy atom. The van der Waals surface area contributed by atoms with Crippen LogP contribution in [-0.4, -0.2) is 22.0 Å². The molecule has 0 radical (unpaired) electrons. The molecule has 0 aliphatic rings. The second-order valence-electron chi connectivity index (χ2n) is 5.66. The smallest absolute Gasteiger partial charge is 0.310 e. The van der Waals surface area contributed by atoms with Gasteiger partial charge < -0.3 is 5.32 Å². The van der Waals surface area contributed by atoms with Crippen LogP contribution >= 0.6 is 0 Å². The standard InChI is InChI=1S/C17H20N6O2/c1-13-5-4-6-14(11-13)12-16(24)20-15-7-10-23(17(25)21-15)9-3-2-8-19-22-18/h4-7,10-11H,2-3,8-9,12H2,1H3,(H,20,21,24,25). The SMILES string of the molecule is Cc1cccc(CC(=O)Nc2ccn(CCCCN=[N+]=[N-])c(=O)n2)c1. The van der Waals surface area contributed by atoms with Crippen LogP contribution in [0.5, 0.6) is 0 Å². The van der Waals surface area contributed by atoms with Crippen molar-refractivity contribution in [3.05, 3.63) is 68.6 Å². The lowest BCUT2D eigenvalue weighted by Gasteiger charge is -2.07. The van der Waals surface area contributed by atoms with Gasteiger partial charge in [0.2, 0.25) is 5.91 Å². The van der Waals surface area contributed by atoms with Gasteiger partial charge in [-0.1, -0.05) is 34.9 Å². The highest BCUT2D eigenvalue weighted by molar-refractivity contribution is 5.91. The van der Waals surface area contributed by atoms with Crippen molar-refractivity contribution in [3.8, 4) is 0 Å². The molecule has 2 rings (SSSR count). The molecule has 8 heteroatoms. The number of hydrogen-bond acceptors (Lipinski definition) is 4. The lowest BCUT2D eigenvalue weighted by Crippen LogP contribution is -2.25. The van der Waals surface area contributed by atoms with Gasteiger partial charge in [0.15, 0.2) is 0 Å². The number of nitrogens with one attached hydrogen (secondary N) is 1. The first-order chi connectivity index (χ1) is 12.1. The molecule has 0 bridgehead atoms. The van der Waals surface area contributed by atoms with E-state index in [1.54, 1.807) is 12.3 Å². The lowest BCUT2D eigenvalue weighted by atomic mass is 10.1. The molecule has 1 N–H and O–H groups in total. The summed E-state index contributed by atoms with van der Waals surface area (Å²) in [5.74, 6) is 0.0256. The first-order valence-corrected chi connectivity index (χ1v) is 8.02. The molecular formula is C17H20N6O2. The molecule has 0 saturated heterocycles. The molecule has 0 spiro atoms. The lowest BCUT2D eigenvalue weighted by molar-refractivity contribution is -0.115. The number of hydrogen-bond donors (Lipinski definition) is 1. The molecule has 1 aromatic carbocycles. The second-order valence-corrected chi connectivity index (χ2v) is 5.66. The van der Waals surface area contributed by atoms with Gasteiger partial charge in [0.25, 0.3) is 0 Å². The Morgan fingerprint density at radius 3 is 2.92 bits per heavy atom. The molecule has 0 atom stereocenters. The number of carbonyl (C=O) groups is 1. The first-order valence-electron chi connectivity index (χ1n) is 8.02. The van der Waals surface area contributed by atoms with Gasteiger partial charge in [-0.3, -0.25) is 9.36 Å². The van der Waals surface area contributed by atoms with Crippen LogP contribution < -0.4 is 11.0 Å². The summed E-state index contributed by atoms with van der Waals surface area (Å²) in [6, 6.07) is 9.30. The number of carbonyl (C=O) groups excluding carboxylic acids is 1. The van der Waals surface area contributed by atoms with Gasteiger partial charge in [-0.15, -0.1) is 0 Å². The number of amides is 1. The molecule has 130 valence electrons. The van der Waals surface area contributed by atoms with E-state index < -0.39 is 5.69 Å². The van der Waals surface area contributed by atoms with Crippen molar-refractivity contribution in [3.63, 3.8) is 0 Å². The summed E-state index contributed by atoms with van der Waals surface area (Å²) in [6.45, 7) is 2.87. The Morgan fingerprint density at radius 2 is 2.20 bits per heavy atom. The van der Waals surface area contributed by atoms with E-state index in [2.05, 4.69) is 20.3 Å². The summed E-state index contributed by atoms with van der Waals surface area (Å²) in [5.41, 5.74) is 9.77. The highest BCUT2D eigenvalue weighted by atomic mass is 16.2. The van der Waals surface area contributed by atoms with Crippen molar-refractivity contribution in [1.82, 2.24) is 9.55 Å². The van der Waals surface area contributed by atoms with Crippen LogP contribution in [0.15, 0.2) is 46.4 Å². The molecule has 25 heavy (non-hydrogen) atoms. The highest BCUT2D eigenvalue weighted by Gasteiger charge is 2.07. The Hall–Kier alpha value is -3.12. The van der Waals surface area contributed by atoms with Crippen LogP contribution in [0.3, 0.4) is 0 Å². The second kappa shape index (κ2) is 9.24. The van der Waals surface area contributed by atoms with E-state index in [9.17, 15) is 9.59 Å². The monoisotopic (exact) mass is 340 g/mol. The highest BCUT2D eigenvalue weighted by Crippen LogP contribution is 2.06. The number of azide groups is 1. The zero-order chi connectivity index (χ0) is 18.1. The molecule has 0 saturated carbocycles. The topological polar surface area (TPSA) is 113 Å². The molecular weight excluding hydrogens is 320 g/mol. The average Bonchev–Trinajstić information content (AvgIpc) is 2.56. The molecule has 1 amide bonds. The third-order valence-corrected chi connectivity index (χ3v) is 3.56. The maximum atomic E-state index is 12.1. The van der Waals surface area contributed by atoms with Gasteiger partial charge in [-0.05, 0) is 36.9 Å². The Labute approximate surface area is 145 Å². The number of rotatable bonds is 8. The maximum absolute atomic E-state index is 12.1. The number of benzene rings is 1. The van der Waals surface area contributed by atoms with Crippen molar-refractivity contribution in [2.75, 3.05) is 11.9 Å². The minimum absolute atomic E-state index is 0.218. The number of unbranched alkanes of at least 4 members (excludes halogenated alkanes) is 1. The van der Waals surface area contributed by atoms with E-state index in [0.29, 0.717) is 25.9 Å². The summed E-state index contributed by atoms with van der Waals surface area (Å²) in [7, 11) is 0. The number of aryl methyl sites for hydroxylation is 2. The third kappa shape index (κ3) is 6.12. The van der Waals surface area contributed by atoms with Crippen molar-refractivity contribution < 1.29 is 4.79 Å². The minimum Gasteiger partial charge on any atom is -0.310 e. The van der Waals surface area contributed by atoms with Crippen molar-refractivity contribution in [1.29, 1.82) is 0 Å². The third-order valence-electron chi connectivity index (χ3n) is 3.56. The molecule has 1 heterocycles. The summed E-state index contributed by atoms with van der Waals surface area (Å²) < 4.78 is 1.46. The Kier molecular flexibility index (Phi) is 6.74. The molecule has 2 aromatic rings. The Bertz CT molecular complexity index is 839. The summed E-state index contributed by atoms with van der Waals surface area (Å²) in [4.78, 5) is 30.6. The van der Waals surface area contributed by atoms with Crippen LogP contribution in [-0.2, 0) is 17.8 Å². The fourth-order valence-corrected chi connectivity index (χ4v) is 2.37. The van der Waals surface area contributed by atoms with Crippen molar-refractivity contribution in [2.24, 2.45) is 5.11 Å². The number of aromatic nitrogens is 2. The van der Waals surface area contributed by atoms with Gasteiger partial charge in [0, 0.05) is 24.2 Å². The van der Waals surface area contributed by atoms with E-state index in [1.807, 2.05) is 31.2 Å². The van der Waals surface area contributed by atoms with E-state index in [-0.39, 0.29) is 18.1 Å². The predicted octanol–water partition coefficient (Wildman–Crippen LogP) is 2.82. The van der Waals surface area contributed by atoms with E-state index in [0.717, 1.165) is 11.1 Å². The van der Waals surface area contributed by atoms with Gasteiger partial charge in [0.1, 0.15) is 5.82 Å². The van der Waals surface area contributed by atoms with Crippen molar-refractivity contribution in [2.45, 2.75) is 32.7 Å². The van der Waals surface area contributed by atoms with E-state index in [4.69, 9.17) is 5.53 Å². The molecule has 0 aliphatic carbocycles. The summed E-state index contributed by atoms with van der Waals surface area (Å²) >= 11 is 0. The molecule has 0 fully saturated rings. The van der Waals surface area contributed by atoms with Crippen LogP contribution in [0.25, 0.3) is 10.4 Å². The number of anilines is 1. The molecule has 0 aliphatic heterocycles. The van der Waals surface area contributed by atoms with Gasteiger partial charge in [0.05, 0.1) is 6.42 Å². The molecule has 1 aromatic heterocycles. The summed E-state index contributed by atoms with van der Waals surface area (Å²) in [6.07, 6.45) is 3.24. The minimum atomic E-state index is -0.419. The number of nitrogens with zero attached hydrogens (tertiary/aromatic N) is 5. The molecule has 8 nitrogen and oxygen atoms in total. The molecule has 0 unspecified atom stereocenters. The predicted molar refractivity (Wildman–Crippen MR) is 95.3 cm³/mol. The van der Waals surface area contributed by atoms with Gasteiger partial charge in [-0.2, -0.15) is 4.98 Å².